The lowest BCUT2D eigenvalue weighted by molar-refractivity contribution is -0.144. The van der Waals surface area contributed by atoms with Crippen molar-refractivity contribution in [3.63, 3.8) is 0 Å². The van der Waals surface area contributed by atoms with Crippen LogP contribution in [-0.2, 0) is 4.79 Å². The molecule has 2 aromatic rings. The number of nitrogens with zero attached hydrogens (tertiary/aromatic N) is 2. The average molecular weight is 451 g/mol. The van der Waals surface area contributed by atoms with Crippen molar-refractivity contribution >= 4 is 5.97 Å². The van der Waals surface area contributed by atoms with Gasteiger partial charge in [-0.2, -0.15) is 0 Å². The van der Waals surface area contributed by atoms with E-state index < -0.39 is 12.0 Å². The summed E-state index contributed by atoms with van der Waals surface area (Å²) in [4.78, 5) is 16.8. The average Bonchev–Trinajstić information content (AvgIpc) is 3.22. The minimum atomic E-state index is -0.699. The Kier molecular flexibility index (Phi) is 7.71. The normalized spacial score (nSPS) is 23.6. The van der Waals surface area contributed by atoms with Crippen LogP contribution < -0.4 is 4.74 Å². The lowest BCUT2D eigenvalue weighted by Gasteiger charge is -2.35. The molecule has 2 aliphatic heterocycles. The van der Waals surface area contributed by atoms with Crippen molar-refractivity contribution in [3.05, 3.63) is 65.7 Å². The first kappa shape index (κ1) is 23.8. The molecule has 2 fully saturated rings. The van der Waals surface area contributed by atoms with Gasteiger partial charge in [0.15, 0.2) is 0 Å². The summed E-state index contributed by atoms with van der Waals surface area (Å²) in [6, 6.07) is 18.7. The second kappa shape index (κ2) is 10.7. The molecule has 0 bridgehead atoms. The van der Waals surface area contributed by atoms with E-state index in [1.807, 2.05) is 19.9 Å². The molecule has 2 aromatic carbocycles. The van der Waals surface area contributed by atoms with Gasteiger partial charge in [0.25, 0.3) is 0 Å². The highest BCUT2D eigenvalue weighted by Gasteiger charge is 2.41. The Balaban J connectivity index is 1.44. The van der Waals surface area contributed by atoms with E-state index in [2.05, 4.69) is 58.3 Å². The molecule has 0 saturated carbocycles. The minimum absolute atomic E-state index is 0.0919. The van der Waals surface area contributed by atoms with E-state index in [1.54, 1.807) is 7.11 Å². The SMILES string of the molecule is COc1ccccc1C1CCN(CC2CN(C(C(=O)O)C(C)C)CC2c2ccccc2)CC1. The third-order valence-corrected chi connectivity index (χ3v) is 7.63. The molecule has 2 saturated heterocycles. The largest absolute Gasteiger partial charge is 0.496 e. The summed E-state index contributed by atoms with van der Waals surface area (Å²) in [6.45, 7) is 8.89. The number of benzene rings is 2. The summed E-state index contributed by atoms with van der Waals surface area (Å²) < 4.78 is 5.60. The molecule has 5 nitrogen and oxygen atoms in total. The Bertz CT molecular complexity index is 908. The van der Waals surface area contributed by atoms with Crippen molar-refractivity contribution in [2.45, 2.75) is 44.6 Å². The van der Waals surface area contributed by atoms with Gasteiger partial charge in [-0.3, -0.25) is 9.69 Å². The van der Waals surface area contributed by atoms with Crippen LogP contribution in [0.1, 0.15) is 49.7 Å². The first-order valence-electron chi connectivity index (χ1n) is 12.3. The lowest BCUT2D eigenvalue weighted by atomic mass is 9.86. The number of rotatable bonds is 8. The second-order valence-electron chi connectivity index (χ2n) is 10.1. The number of carbonyl (C=O) groups is 1. The molecule has 3 atom stereocenters. The number of methoxy groups -OCH3 is 1. The van der Waals surface area contributed by atoms with Gasteiger partial charge in [0.05, 0.1) is 7.11 Å². The third kappa shape index (κ3) is 5.42. The van der Waals surface area contributed by atoms with Crippen LogP contribution in [0.25, 0.3) is 0 Å². The molecular weight excluding hydrogens is 412 g/mol. The van der Waals surface area contributed by atoms with Crippen LogP contribution in [0.4, 0.5) is 0 Å². The number of ether oxygens (including phenoxy) is 1. The number of aliphatic carboxylic acids is 1. The molecule has 33 heavy (non-hydrogen) atoms. The molecule has 0 radical (unpaired) electrons. The summed E-state index contributed by atoms with van der Waals surface area (Å²) in [6.07, 6.45) is 2.27. The molecule has 2 heterocycles. The second-order valence-corrected chi connectivity index (χ2v) is 10.1. The maximum absolute atomic E-state index is 12.0. The zero-order valence-electron chi connectivity index (χ0n) is 20.2. The van der Waals surface area contributed by atoms with Crippen molar-refractivity contribution in [3.8, 4) is 5.75 Å². The standard InChI is InChI=1S/C28H38N2O3/c1-20(2)27(28(31)32)30-18-23(25(19-30)21-9-5-4-6-10-21)17-29-15-13-22(14-16-29)24-11-7-8-12-26(24)33-3/h4-12,20,22-23,25,27H,13-19H2,1-3H3,(H,31,32). The lowest BCUT2D eigenvalue weighted by Crippen LogP contribution is -2.44. The number of hydrogen-bond donors (Lipinski definition) is 1. The van der Waals surface area contributed by atoms with Gasteiger partial charge in [0.1, 0.15) is 11.8 Å². The predicted octanol–water partition coefficient (Wildman–Crippen LogP) is 4.70. The zero-order chi connectivity index (χ0) is 23.4. The van der Waals surface area contributed by atoms with Gasteiger partial charge < -0.3 is 14.7 Å². The van der Waals surface area contributed by atoms with Crippen LogP contribution in [0.2, 0.25) is 0 Å². The Labute approximate surface area is 198 Å². The van der Waals surface area contributed by atoms with Crippen LogP contribution in [0.3, 0.4) is 0 Å². The molecule has 0 spiro atoms. The van der Waals surface area contributed by atoms with E-state index >= 15 is 0 Å². The van der Waals surface area contributed by atoms with Gasteiger partial charge in [-0.05, 0) is 60.9 Å². The molecule has 3 unspecified atom stereocenters. The van der Waals surface area contributed by atoms with E-state index in [1.165, 1.54) is 11.1 Å². The Morgan fingerprint density at radius 1 is 1.03 bits per heavy atom. The summed E-state index contributed by atoms with van der Waals surface area (Å²) in [5.41, 5.74) is 2.66. The van der Waals surface area contributed by atoms with Gasteiger partial charge in [0, 0.05) is 25.6 Å². The Morgan fingerprint density at radius 3 is 2.33 bits per heavy atom. The van der Waals surface area contributed by atoms with E-state index in [4.69, 9.17) is 4.74 Å². The Morgan fingerprint density at radius 2 is 1.70 bits per heavy atom. The summed E-state index contributed by atoms with van der Waals surface area (Å²) in [5.74, 6) is 1.75. The summed E-state index contributed by atoms with van der Waals surface area (Å²) in [7, 11) is 1.76. The highest BCUT2D eigenvalue weighted by molar-refractivity contribution is 5.73. The fourth-order valence-corrected chi connectivity index (χ4v) is 6.02. The summed E-state index contributed by atoms with van der Waals surface area (Å²) >= 11 is 0. The minimum Gasteiger partial charge on any atom is -0.496 e. The molecular formula is C28H38N2O3. The fourth-order valence-electron chi connectivity index (χ4n) is 6.02. The van der Waals surface area contributed by atoms with E-state index in [-0.39, 0.29) is 5.92 Å². The highest BCUT2D eigenvalue weighted by Crippen LogP contribution is 2.38. The first-order chi connectivity index (χ1) is 16.0. The van der Waals surface area contributed by atoms with Crippen LogP contribution in [0, 0.1) is 11.8 Å². The number of piperidine rings is 1. The van der Waals surface area contributed by atoms with Crippen molar-refractivity contribution in [1.29, 1.82) is 0 Å². The van der Waals surface area contributed by atoms with Crippen molar-refractivity contribution in [1.82, 2.24) is 9.80 Å². The smallest absolute Gasteiger partial charge is 0.321 e. The van der Waals surface area contributed by atoms with Gasteiger partial charge in [-0.1, -0.05) is 62.4 Å². The summed E-state index contributed by atoms with van der Waals surface area (Å²) in [5, 5.41) is 9.89. The van der Waals surface area contributed by atoms with Gasteiger partial charge in [-0.25, -0.2) is 0 Å². The quantitative estimate of drug-likeness (QED) is 0.632. The maximum Gasteiger partial charge on any atom is 0.321 e. The molecule has 0 aromatic heterocycles. The molecule has 4 rings (SSSR count). The van der Waals surface area contributed by atoms with Crippen molar-refractivity contribution in [2.24, 2.45) is 11.8 Å². The van der Waals surface area contributed by atoms with Crippen LogP contribution in [-0.4, -0.2) is 66.8 Å². The van der Waals surface area contributed by atoms with Gasteiger partial charge in [-0.15, -0.1) is 0 Å². The Hall–Kier alpha value is -2.37. The number of carboxylic acids is 1. The monoisotopic (exact) mass is 450 g/mol. The van der Waals surface area contributed by atoms with E-state index in [9.17, 15) is 9.90 Å². The molecule has 5 heteroatoms. The van der Waals surface area contributed by atoms with Crippen LogP contribution in [0.15, 0.2) is 54.6 Å². The highest BCUT2D eigenvalue weighted by atomic mass is 16.5. The van der Waals surface area contributed by atoms with E-state index in [0.717, 1.165) is 51.3 Å². The number of hydrogen-bond acceptors (Lipinski definition) is 4. The predicted molar refractivity (Wildman–Crippen MR) is 132 cm³/mol. The molecule has 178 valence electrons. The maximum atomic E-state index is 12.0. The van der Waals surface area contributed by atoms with Crippen molar-refractivity contribution < 1.29 is 14.6 Å². The molecule has 0 amide bonds. The van der Waals surface area contributed by atoms with E-state index in [0.29, 0.717) is 17.8 Å². The number of para-hydroxylation sites is 1. The fraction of sp³-hybridized carbons (Fsp3) is 0.536. The molecule has 1 N–H and O–H groups in total. The topological polar surface area (TPSA) is 53.0 Å². The number of carboxylic acid groups (broad SMARTS) is 1. The van der Waals surface area contributed by atoms with Crippen molar-refractivity contribution in [2.75, 3.05) is 39.8 Å². The zero-order valence-corrected chi connectivity index (χ0v) is 20.2. The third-order valence-electron chi connectivity index (χ3n) is 7.63. The first-order valence-corrected chi connectivity index (χ1v) is 12.3. The van der Waals surface area contributed by atoms with Crippen LogP contribution in [0.5, 0.6) is 5.75 Å². The molecule has 0 aliphatic carbocycles. The molecule has 2 aliphatic rings. The van der Waals surface area contributed by atoms with Crippen LogP contribution >= 0.6 is 0 Å². The number of likely N-dealkylation sites (tertiary alicyclic amines) is 2. The van der Waals surface area contributed by atoms with Gasteiger partial charge >= 0.3 is 5.97 Å². The van der Waals surface area contributed by atoms with Gasteiger partial charge in [0.2, 0.25) is 0 Å².